The Balaban J connectivity index is 0.00000176. The summed E-state index contributed by atoms with van der Waals surface area (Å²) in [5.74, 6) is 0.905. The Kier molecular flexibility index (Phi) is 6.09. The van der Waals surface area contributed by atoms with Crippen LogP contribution >= 0.6 is 24.0 Å². The molecule has 1 heterocycles. The van der Waals surface area contributed by atoms with Crippen LogP contribution in [0.1, 0.15) is 38.2 Å². The van der Waals surface area contributed by atoms with Crippen LogP contribution in [0.4, 0.5) is 5.69 Å². The second kappa shape index (κ2) is 7.64. The van der Waals surface area contributed by atoms with Crippen molar-refractivity contribution in [2.24, 2.45) is 4.99 Å². The number of benzene rings is 1. The Morgan fingerprint density at radius 2 is 2.05 bits per heavy atom. The summed E-state index contributed by atoms with van der Waals surface area (Å²) in [4.78, 5) is 6.87. The van der Waals surface area contributed by atoms with Crippen molar-refractivity contribution in [1.82, 2.24) is 5.32 Å². The number of hydrogen-bond acceptors (Lipinski definition) is 2. The van der Waals surface area contributed by atoms with Crippen LogP contribution in [-0.2, 0) is 5.41 Å². The van der Waals surface area contributed by atoms with Gasteiger partial charge in [0.1, 0.15) is 0 Å². The van der Waals surface area contributed by atoms with Crippen LogP contribution in [0, 0.1) is 0 Å². The van der Waals surface area contributed by atoms with E-state index in [1.54, 1.807) is 0 Å². The van der Waals surface area contributed by atoms with Gasteiger partial charge in [0.2, 0.25) is 0 Å². The molecule has 1 aliphatic carbocycles. The van der Waals surface area contributed by atoms with Crippen LogP contribution in [0.5, 0.6) is 0 Å². The molecule has 0 radical (unpaired) electrons. The van der Waals surface area contributed by atoms with Crippen molar-refractivity contribution in [3.05, 3.63) is 29.8 Å². The number of para-hydroxylation sites is 1. The second-order valence-electron chi connectivity index (χ2n) is 6.05. The van der Waals surface area contributed by atoms with Crippen LogP contribution in [0.15, 0.2) is 29.3 Å². The lowest BCUT2D eigenvalue weighted by Gasteiger charge is -2.26. The number of fused-ring (bicyclic) bond motifs is 2. The molecule has 0 bridgehead atoms. The smallest absolute Gasteiger partial charge is 0.198 e. The number of rotatable bonds is 3. The van der Waals surface area contributed by atoms with Crippen LogP contribution in [0.2, 0.25) is 0 Å². The number of aliphatic hydroxyl groups excluding tert-OH is 1. The van der Waals surface area contributed by atoms with E-state index in [2.05, 4.69) is 46.4 Å². The first kappa shape index (κ1) is 17.5. The molecule has 5 heteroatoms. The van der Waals surface area contributed by atoms with Crippen molar-refractivity contribution in [1.29, 1.82) is 0 Å². The lowest BCUT2D eigenvalue weighted by molar-refractivity contribution is 0.306. The van der Waals surface area contributed by atoms with Gasteiger partial charge in [-0.15, -0.1) is 24.0 Å². The van der Waals surface area contributed by atoms with Gasteiger partial charge < -0.3 is 15.3 Å². The van der Waals surface area contributed by atoms with Crippen molar-refractivity contribution in [3.63, 3.8) is 0 Å². The molecule has 22 heavy (non-hydrogen) atoms. The van der Waals surface area contributed by atoms with Crippen molar-refractivity contribution in [2.45, 2.75) is 38.0 Å². The molecule has 2 N–H and O–H groups in total. The van der Waals surface area contributed by atoms with Gasteiger partial charge in [0.15, 0.2) is 5.96 Å². The molecule has 1 aliphatic heterocycles. The van der Waals surface area contributed by atoms with Crippen LogP contribution < -0.4 is 10.2 Å². The number of nitrogens with one attached hydrogen (secondary N) is 1. The highest BCUT2D eigenvalue weighted by Gasteiger charge is 2.45. The van der Waals surface area contributed by atoms with Gasteiger partial charge in [-0.2, -0.15) is 0 Å². The number of guanidine groups is 1. The lowest BCUT2D eigenvalue weighted by Crippen LogP contribution is -2.43. The third kappa shape index (κ3) is 3.11. The zero-order valence-corrected chi connectivity index (χ0v) is 15.5. The van der Waals surface area contributed by atoms with Gasteiger partial charge in [-0.25, -0.2) is 0 Å². The summed E-state index contributed by atoms with van der Waals surface area (Å²) >= 11 is 0. The van der Waals surface area contributed by atoms with E-state index in [-0.39, 0.29) is 30.6 Å². The maximum absolute atomic E-state index is 9.07. The SMILES string of the molecule is CCNC(=NCCO)N1CC2(CCCC2)c2ccccc21.I. The first-order valence-corrected chi connectivity index (χ1v) is 8.07. The standard InChI is InChI=1S/C17H25N3O.HI/c1-2-18-16(19-11-12-21)20-13-17(9-5-6-10-17)14-7-3-4-8-15(14)20;/h3-4,7-8,21H,2,5-6,9-13H2,1H3,(H,18,19);1H. The summed E-state index contributed by atoms with van der Waals surface area (Å²) in [6.45, 7) is 4.49. The Morgan fingerprint density at radius 1 is 1.32 bits per heavy atom. The number of halogens is 1. The van der Waals surface area contributed by atoms with E-state index in [9.17, 15) is 0 Å². The second-order valence-corrected chi connectivity index (χ2v) is 6.05. The molecular weight excluding hydrogens is 389 g/mol. The third-order valence-corrected chi connectivity index (χ3v) is 4.74. The molecule has 1 fully saturated rings. The van der Waals surface area contributed by atoms with Crippen LogP contribution in [0.25, 0.3) is 0 Å². The highest BCUT2D eigenvalue weighted by atomic mass is 127. The molecule has 1 spiro atoms. The van der Waals surface area contributed by atoms with E-state index in [0.29, 0.717) is 12.0 Å². The Hall–Kier alpha value is -0.820. The minimum Gasteiger partial charge on any atom is -0.394 e. The van der Waals surface area contributed by atoms with Gasteiger partial charge in [-0.05, 0) is 31.4 Å². The number of hydrogen-bond donors (Lipinski definition) is 2. The summed E-state index contributed by atoms with van der Waals surface area (Å²) in [6.07, 6.45) is 5.21. The molecule has 0 atom stereocenters. The normalized spacial score (nSPS) is 19.2. The van der Waals surface area contributed by atoms with Crippen molar-refractivity contribution in [2.75, 3.05) is 31.1 Å². The average Bonchev–Trinajstić information content (AvgIpc) is 3.11. The Morgan fingerprint density at radius 3 is 2.73 bits per heavy atom. The maximum atomic E-state index is 9.07. The Bertz CT molecular complexity index is 526. The number of aliphatic hydroxyl groups is 1. The average molecular weight is 415 g/mol. The van der Waals surface area contributed by atoms with Gasteiger partial charge in [0, 0.05) is 24.2 Å². The first-order valence-electron chi connectivity index (χ1n) is 8.07. The predicted molar refractivity (Wildman–Crippen MR) is 102 cm³/mol. The Labute approximate surface area is 150 Å². The summed E-state index contributed by atoms with van der Waals surface area (Å²) in [5.41, 5.74) is 3.08. The summed E-state index contributed by atoms with van der Waals surface area (Å²) < 4.78 is 0. The van der Waals surface area contributed by atoms with Gasteiger partial charge in [0.05, 0.1) is 13.2 Å². The molecule has 122 valence electrons. The van der Waals surface area contributed by atoms with E-state index in [4.69, 9.17) is 5.11 Å². The monoisotopic (exact) mass is 415 g/mol. The number of aliphatic imine (C=N–C) groups is 1. The molecule has 0 aromatic heterocycles. The summed E-state index contributed by atoms with van der Waals surface area (Å²) in [7, 11) is 0. The zero-order chi connectivity index (χ0) is 14.7. The number of nitrogens with zero attached hydrogens (tertiary/aromatic N) is 2. The largest absolute Gasteiger partial charge is 0.394 e. The topological polar surface area (TPSA) is 47.9 Å². The molecule has 0 saturated heterocycles. The van der Waals surface area contributed by atoms with E-state index in [1.165, 1.54) is 36.9 Å². The molecule has 1 aromatic carbocycles. The van der Waals surface area contributed by atoms with E-state index in [1.807, 2.05) is 0 Å². The summed E-state index contributed by atoms with van der Waals surface area (Å²) in [6, 6.07) is 8.75. The summed E-state index contributed by atoms with van der Waals surface area (Å²) in [5, 5.41) is 12.4. The fourth-order valence-electron chi connectivity index (χ4n) is 3.85. The van der Waals surface area contributed by atoms with Crippen LogP contribution in [0.3, 0.4) is 0 Å². The van der Waals surface area contributed by atoms with Crippen molar-refractivity contribution in [3.8, 4) is 0 Å². The van der Waals surface area contributed by atoms with Gasteiger partial charge in [-0.1, -0.05) is 31.0 Å². The fraction of sp³-hybridized carbons (Fsp3) is 0.588. The third-order valence-electron chi connectivity index (χ3n) is 4.74. The molecule has 4 nitrogen and oxygen atoms in total. The zero-order valence-electron chi connectivity index (χ0n) is 13.2. The maximum Gasteiger partial charge on any atom is 0.198 e. The van der Waals surface area contributed by atoms with Gasteiger partial charge in [0.25, 0.3) is 0 Å². The molecule has 1 aromatic rings. The quantitative estimate of drug-likeness (QED) is 0.454. The van der Waals surface area contributed by atoms with E-state index in [0.717, 1.165) is 19.0 Å². The van der Waals surface area contributed by atoms with E-state index >= 15 is 0 Å². The molecule has 0 unspecified atom stereocenters. The minimum absolute atomic E-state index is 0. The van der Waals surface area contributed by atoms with Crippen LogP contribution in [-0.4, -0.2) is 37.3 Å². The molecule has 3 rings (SSSR count). The molecule has 1 saturated carbocycles. The van der Waals surface area contributed by atoms with Gasteiger partial charge in [-0.3, -0.25) is 4.99 Å². The van der Waals surface area contributed by atoms with E-state index < -0.39 is 0 Å². The van der Waals surface area contributed by atoms with Crippen molar-refractivity contribution >= 4 is 35.6 Å². The number of anilines is 1. The van der Waals surface area contributed by atoms with Gasteiger partial charge >= 0.3 is 0 Å². The molecule has 2 aliphatic rings. The predicted octanol–water partition coefficient (Wildman–Crippen LogP) is 2.89. The minimum atomic E-state index is 0. The first-order chi connectivity index (χ1) is 10.3. The highest BCUT2D eigenvalue weighted by Crippen LogP contribution is 2.50. The molecular formula is C17H26IN3O. The van der Waals surface area contributed by atoms with Crippen molar-refractivity contribution < 1.29 is 5.11 Å². The lowest BCUT2D eigenvalue weighted by atomic mass is 9.81. The highest BCUT2D eigenvalue weighted by molar-refractivity contribution is 14.0. The molecule has 0 amide bonds. The fourth-order valence-corrected chi connectivity index (χ4v) is 3.85.